The zero-order valence-electron chi connectivity index (χ0n) is 13.5. The third-order valence-electron chi connectivity index (χ3n) is 4.65. The molecular formula is C17H22Cl2N2O3. The molecule has 2 saturated heterocycles. The molecule has 132 valence electrons. The molecule has 1 atom stereocenters. The molecule has 2 fully saturated rings. The standard InChI is InChI=1S/C17H22Cl2N2O3/c18-13-4-5-14(22)16(19)12(13)11-20-6-2-7-21(9-8-20)17(23)15-3-1-10-24-15/h4-5,15,22H,1-3,6-11H2. The summed E-state index contributed by atoms with van der Waals surface area (Å²) in [7, 11) is 0. The van der Waals surface area contributed by atoms with Crippen LogP contribution in [0.1, 0.15) is 24.8 Å². The molecule has 1 aromatic rings. The van der Waals surface area contributed by atoms with Gasteiger partial charge in [-0.05, 0) is 31.4 Å². The second kappa shape index (κ2) is 7.91. The van der Waals surface area contributed by atoms with E-state index in [0.29, 0.717) is 29.7 Å². The Morgan fingerprint density at radius 3 is 2.79 bits per heavy atom. The van der Waals surface area contributed by atoms with Crippen molar-refractivity contribution in [1.82, 2.24) is 9.80 Å². The number of ether oxygens (including phenoxy) is 1. The van der Waals surface area contributed by atoms with Crippen LogP contribution in [0.5, 0.6) is 5.75 Å². The normalized spacial score (nSPS) is 22.6. The fourth-order valence-electron chi connectivity index (χ4n) is 3.28. The molecule has 1 N–H and O–H groups in total. The first-order valence-electron chi connectivity index (χ1n) is 8.35. The largest absolute Gasteiger partial charge is 0.506 e. The van der Waals surface area contributed by atoms with Gasteiger partial charge in [-0.1, -0.05) is 23.2 Å². The van der Waals surface area contributed by atoms with Crippen LogP contribution in [0.15, 0.2) is 12.1 Å². The molecular weight excluding hydrogens is 351 g/mol. The summed E-state index contributed by atoms with van der Waals surface area (Å²) in [5.41, 5.74) is 0.734. The highest BCUT2D eigenvalue weighted by Crippen LogP contribution is 2.33. The first-order chi connectivity index (χ1) is 11.6. The molecule has 0 bridgehead atoms. The monoisotopic (exact) mass is 372 g/mol. The molecule has 7 heteroatoms. The second-order valence-electron chi connectivity index (χ2n) is 6.32. The minimum Gasteiger partial charge on any atom is -0.506 e. The summed E-state index contributed by atoms with van der Waals surface area (Å²) >= 11 is 12.4. The van der Waals surface area contributed by atoms with Gasteiger partial charge in [0.25, 0.3) is 5.91 Å². The van der Waals surface area contributed by atoms with Gasteiger partial charge in [0.1, 0.15) is 11.9 Å². The van der Waals surface area contributed by atoms with Crippen molar-refractivity contribution in [2.24, 2.45) is 0 Å². The molecule has 2 aliphatic rings. The predicted octanol–water partition coefficient (Wildman–Crippen LogP) is 2.91. The third-order valence-corrected chi connectivity index (χ3v) is 5.43. The maximum Gasteiger partial charge on any atom is 0.251 e. The lowest BCUT2D eigenvalue weighted by Gasteiger charge is -2.24. The lowest BCUT2D eigenvalue weighted by Crippen LogP contribution is -2.41. The number of carbonyl (C=O) groups is 1. The SMILES string of the molecule is O=C(C1CCCO1)N1CCCN(Cc2c(Cl)ccc(O)c2Cl)CC1. The van der Waals surface area contributed by atoms with Crippen molar-refractivity contribution in [3.8, 4) is 5.75 Å². The molecule has 1 aromatic carbocycles. The average Bonchev–Trinajstić information content (AvgIpc) is 3.01. The van der Waals surface area contributed by atoms with Gasteiger partial charge in [0.2, 0.25) is 0 Å². The molecule has 3 rings (SSSR count). The van der Waals surface area contributed by atoms with Gasteiger partial charge in [-0.25, -0.2) is 0 Å². The van der Waals surface area contributed by atoms with Gasteiger partial charge in [0.15, 0.2) is 0 Å². The lowest BCUT2D eigenvalue weighted by molar-refractivity contribution is -0.140. The number of aromatic hydroxyl groups is 1. The zero-order chi connectivity index (χ0) is 17.1. The van der Waals surface area contributed by atoms with Crippen LogP contribution in [0, 0.1) is 0 Å². The molecule has 0 saturated carbocycles. The summed E-state index contributed by atoms with van der Waals surface area (Å²) in [5.74, 6) is 0.156. The van der Waals surface area contributed by atoms with Crippen molar-refractivity contribution in [2.75, 3.05) is 32.8 Å². The number of amides is 1. The summed E-state index contributed by atoms with van der Waals surface area (Å²) in [5, 5.41) is 10.6. The van der Waals surface area contributed by atoms with E-state index in [-0.39, 0.29) is 17.8 Å². The molecule has 2 aliphatic heterocycles. The molecule has 0 aliphatic carbocycles. The molecule has 0 spiro atoms. The number of hydrogen-bond donors (Lipinski definition) is 1. The van der Waals surface area contributed by atoms with E-state index in [2.05, 4.69) is 4.90 Å². The summed E-state index contributed by atoms with van der Waals surface area (Å²) in [4.78, 5) is 16.6. The lowest BCUT2D eigenvalue weighted by atomic mass is 10.2. The van der Waals surface area contributed by atoms with Gasteiger partial charge in [-0.15, -0.1) is 0 Å². The van der Waals surface area contributed by atoms with Crippen molar-refractivity contribution in [1.29, 1.82) is 0 Å². The van der Waals surface area contributed by atoms with Crippen molar-refractivity contribution >= 4 is 29.1 Å². The highest BCUT2D eigenvalue weighted by molar-refractivity contribution is 6.36. The van der Waals surface area contributed by atoms with Gasteiger partial charge in [-0.3, -0.25) is 9.69 Å². The number of halogens is 2. The first-order valence-corrected chi connectivity index (χ1v) is 9.10. The van der Waals surface area contributed by atoms with Crippen molar-refractivity contribution < 1.29 is 14.6 Å². The number of hydrogen-bond acceptors (Lipinski definition) is 4. The maximum atomic E-state index is 12.5. The van der Waals surface area contributed by atoms with E-state index >= 15 is 0 Å². The molecule has 2 heterocycles. The van der Waals surface area contributed by atoms with Gasteiger partial charge in [-0.2, -0.15) is 0 Å². The van der Waals surface area contributed by atoms with E-state index in [1.54, 1.807) is 6.07 Å². The summed E-state index contributed by atoms with van der Waals surface area (Å²) in [6, 6.07) is 3.15. The number of carbonyl (C=O) groups excluding carboxylic acids is 1. The third kappa shape index (κ3) is 3.97. The predicted molar refractivity (Wildman–Crippen MR) is 93.6 cm³/mol. The highest BCUT2D eigenvalue weighted by Gasteiger charge is 2.29. The number of phenolic OH excluding ortho intramolecular Hbond substituents is 1. The second-order valence-corrected chi connectivity index (χ2v) is 7.10. The molecule has 1 amide bonds. The Morgan fingerprint density at radius 1 is 1.21 bits per heavy atom. The Morgan fingerprint density at radius 2 is 2.04 bits per heavy atom. The molecule has 0 radical (unpaired) electrons. The van der Waals surface area contributed by atoms with Crippen LogP contribution in [0.2, 0.25) is 10.0 Å². The topological polar surface area (TPSA) is 53.0 Å². The molecule has 24 heavy (non-hydrogen) atoms. The first kappa shape index (κ1) is 17.8. The van der Waals surface area contributed by atoms with Crippen LogP contribution < -0.4 is 0 Å². The fraction of sp³-hybridized carbons (Fsp3) is 0.588. The molecule has 0 aromatic heterocycles. The maximum absolute atomic E-state index is 12.5. The number of phenols is 1. The van der Waals surface area contributed by atoms with Crippen LogP contribution >= 0.6 is 23.2 Å². The minimum atomic E-state index is -0.258. The summed E-state index contributed by atoms with van der Waals surface area (Å²) in [6.07, 6.45) is 2.43. The van der Waals surface area contributed by atoms with Crippen molar-refractivity contribution in [3.05, 3.63) is 27.7 Å². The summed E-state index contributed by atoms with van der Waals surface area (Å²) in [6.45, 7) is 4.28. The van der Waals surface area contributed by atoms with Gasteiger partial charge in [0.05, 0.1) is 5.02 Å². The van der Waals surface area contributed by atoms with Crippen LogP contribution in [0.4, 0.5) is 0 Å². The fourth-order valence-corrected chi connectivity index (χ4v) is 3.77. The Bertz CT molecular complexity index is 606. The molecule has 5 nitrogen and oxygen atoms in total. The number of benzene rings is 1. The van der Waals surface area contributed by atoms with E-state index in [0.717, 1.165) is 44.5 Å². The van der Waals surface area contributed by atoms with Gasteiger partial charge >= 0.3 is 0 Å². The van der Waals surface area contributed by atoms with Crippen LogP contribution in [-0.4, -0.2) is 59.7 Å². The number of nitrogens with zero attached hydrogens (tertiary/aromatic N) is 2. The van der Waals surface area contributed by atoms with Crippen molar-refractivity contribution in [3.63, 3.8) is 0 Å². The summed E-state index contributed by atoms with van der Waals surface area (Å²) < 4.78 is 5.51. The molecule has 1 unspecified atom stereocenters. The average molecular weight is 373 g/mol. The van der Waals surface area contributed by atoms with Gasteiger partial charge < -0.3 is 14.7 Å². The Labute approximate surface area is 152 Å². The Balaban J connectivity index is 1.62. The quantitative estimate of drug-likeness (QED) is 0.885. The van der Waals surface area contributed by atoms with E-state index in [4.69, 9.17) is 27.9 Å². The van der Waals surface area contributed by atoms with E-state index in [1.807, 2.05) is 4.90 Å². The van der Waals surface area contributed by atoms with E-state index in [9.17, 15) is 9.90 Å². The Kier molecular flexibility index (Phi) is 5.87. The van der Waals surface area contributed by atoms with Crippen LogP contribution in [0.25, 0.3) is 0 Å². The van der Waals surface area contributed by atoms with Crippen molar-refractivity contribution in [2.45, 2.75) is 31.9 Å². The highest BCUT2D eigenvalue weighted by atomic mass is 35.5. The van der Waals surface area contributed by atoms with Crippen LogP contribution in [-0.2, 0) is 16.1 Å². The Hall–Kier alpha value is -1.01. The van der Waals surface area contributed by atoms with E-state index in [1.165, 1.54) is 6.07 Å². The minimum absolute atomic E-state index is 0.0427. The van der Waals surface area contributed by atoms with E-state index < -0.39 is 0 Å². The zero-order valence-corrected chi connectivity index (χ0v) is 15.0. The van der Waals surface area contributed by atoms with Gasteiger partial charge in [0, 0.05) is 49.9 Å². The number of rotatable bonds is 3. The van der Waals surface area contributed by atoms with Crippen LogP contribution in [0.3, 0.4) is 0 Å². The smallest absolute Gasteiger partial charge is 0.251 e.